The van der Waals surface area contributed by atoms with E-state index in [1.54, 1.807) is 18.3 Å². The molecule has 0 fully saturated rings. The normalized spacial score (nSPS) is 11.7. The number of rotatable bonds is 5. The molecule has 102 valence electrons. The number of nitrogens with zero attached hydrogens (tertiary/aromatic N) is 1. The molecule has 0 unspecified atom stereocenters. The second-order valence-electron chi connectivity index (χ2n) is 3.82. The van der Waals surface area contributed by atoms with Crippen LogP contribution < -0.4 is 4.72 Å². The fourth-order valence-corrected chi connectivity index (χ4v) is 3.50. The number of sulfonamides is 1. The molecule has 0 aliphatic rings. The van der Waals surface area contributed by atoms with Crippen molar-refractivity contribution in [3.05, 3.63) is 46.5 Å². The average molecular weight is 346 g/mol. The molecule has 1 aromatic heterocycles. The molecule has 1 aromatic carbocycles. The van der Waals surface area contributed by atoms with Crippen LogP contribution >= 0.6 is 15.9 Å². The Labute approximate surface area is 119 Å². The Morgan fingerprint density at radius 1 is 1.42 bits per heavy atom. The maximum atomic E-state index is 12.2. The number of hydrogen-bond donors (Lipinski definition) is 3. The second kappa shape index (κ2) is 5.83. The van der Waals surface area contributed by atoms with Crippen molar-refractivity contribution in [2.45, 2.75) is 18.0 Å². The molecule has 0 radical (unpaired) electrons. The van der Waals surface area contributed by atoms with Crippen LogP contribution in [0.3, 0.4) is 0 Å². The molecule has 6 nitrogen and oxygen atoms in total. The minimum Gasteiger partial charge on any atom is -0.392 e. The number of aliphatic hydroxyl groups is 1. The number of nitrogens with one attached hydrogen (secondary N) is 2. The van der Waals surface area contributed by atoms with Crippen molar-refractivity contribution in [3.8, 4) is 0 Å². The highest BCUT2D eigenvalue weighted by Gasteiger charge is 2.18. The molecule has 0 spiro atoms. The highest BCUT2D eigenvalue weighted by atomic mass is 79.9. The van der Waals surface area contributed by atoms with E-state index in [4.69, 9.17) is 5.11 Å². The molecule has 0 saturated heterocycles. The fourth-order valence-electron chi connectivity index (χ4n) is 1.48. The molecule has 8 heteroatoms. The summed E-state index contributed by atoms with van der Waals surface area (Å²) in [6.45, 7) is -0.0888. The molecule has 3 N–H and O–H groups in total. The topological polar surface area (TPSA) is 95.1 Å². The number of hydrogen-bond acceptors (Lipinski definition) is 4. The van der Waals surface area contributed by atoms with E-state index in [2.05, 4.69) is 30.6 Å². The Bertz CT molecular complexity index is 656. The van der Waals surface area contributed by atoms with Gasteiger partial charge in [-0.15, -0.1) is 0 Å². The highest BCUT2D eigenvalue weighted by molar-refractivity contribution is 9.10. The predicted octanol–water partition coefficient (Wildman–Crippen LogP) is 1.14. The minimum atomic E-state index is -3.66. The van der Waals surface area contributed by atoms with E-state index in [-0.39, 0.29) is 18.0 Å². The first-order chi connectivity index (χ1) is 9.03. The Balaban J connectivity index is 2.23. The van der Waals surface area contributed by atoms with Crippen LogP contribution in [-0.4, -0.2) is 23.5 Å². The van der Waals surface area contributed by atoms with Crippen LogP contribution in [0.15, 0.2) is 40.1 Å². The molecule has 19 heavy (non-hydrogen) atoms. The molecule has 0 aliphatic heterocycles. The summed E-state index contributed by atoms with van der Waals surface area (Å²) in [4.78, 5) is 6.71. The zero-order valence-corrected chi connectivity index (χ0v) is 12.2. The van der Waals surface area contributed by atoms with Crippen LogP contribution in [-0.2, 0) is 23.2 Å². The van der Waals surface area contributed by atoms with Crippen molar-refractivity contribution < 1.29 is 13.5 Å². The van der Waals surface area contributed by atoms with E-state index in [1.165, 1.54) is 12.4 Å². The van der Waals surface area contributed by atoms with Gasteiger partial charge >= 0.3 is 0 Å². The number of aromatic nitrogens is 2. The first-order valence-electron chi connectivity index (χ1n) is 5.39. The van der Waals surface area contributed by atoms with Gasteiger partial charge in [0.1, 0.15) is 0 Å². The van der Waals surface area contributed by atoms with E-state index < -0.39 is 10.0 Å². The maximum Gasteiger partial charge on any atom is 0.242 e. The number of benzene rings is 1. The summed E-state index contributed by atoms with van der Waals surface area (Å²) in [6.07, 6.45) is 3.02. The lowest BCUT2D eigenvalue weighted by molar-refractivity contribution is 0.281. The van der Waals surface area contributed by atoms with Gasteiger partial charge in [-0.05, 0) is 33.6 Å². The Morgan fingerprint density at radius 2 is 2.21 bits per heavy atom. The van der Waals surface area contributed by atoms with E-state index >= 15 is 0 Å². The zero-order valence-electron chi connectivity index (χ0n) is 9.80. The van der Waals surface area contributed by atoms with Crippen molar-refractivity contribution in [3.63, 3.8) is 0 Å². The average Bonchev–Trinajstić information content (AvgIpc) is 2.90. The molecule has 0 bridgehead atoms. The van der Waals surface area contributed by atoms with E-state index in [9.17, 15) is 8.42 Å². The number of halogens is 1. The van der Waals surface area contributed by atoms with Crippen LogP contribution in [0, 0.1) is 0 Å². The van der Waals surface area contributed by atoms with Gasteiger partial charge in [0.2, 0.25) is 10.0 Å². The first-order valence-corrected chi connectivity index (χ1v) is 7.67. The van der Waals surface area contributed by atoms with Crippen LogP contribution in [0.25, 0.3) is 0 Å². The molecule has 1 heterocycles. The van der Waals surface area contributed by atoms with Gasteiger partial charge in [0, 0.05) is 16.4 Å². The number of aromatic amines is 1. The molecule has 2 aromatic rings. The molecular formula is C11H12BrN3O3S. The molecule has 0 amide bonds. The monoisotopic (exact) mass is 345 g/mol. The smallest absolute Gasteiger partial charge is 0.242 e. The molecule has 0 aliphatic carbocycles. The van der Waals surface area contributed by atoms with Gasteiger partial charge < -0.3 is 10.1 Å². The zero-order chi connectivity index (χ0) is 13.9. The van der Waals surface area contributed by atoms with Crippen LogP contribution in [0.4, 0.5) is 0 Å². The van der Waals surface area contributed by atoms with Gasteiger partial charge in [-0.3, -0.25) is 0 Å². The van der Waals surface area contributed by atoms with Crippen molar-refractivity contribution >= 4 is 26.0 Å². The Kier molecular flexibility index (Phi) is 4.35. The summed E-state index contributed by atoms with van der Waals surface area (Å²) in [5.41, 5.74) is 1.20. The van der Waals surface area contributed by atoms with E-state index in [1.807, 2.05) is 0 Å². The fraction of sp³-hybridized carbons (Fsp3) is 0.182. The maximum absolute atomic E-state index is 12.2. The molecular weight excluding hydrogens is 334 g/mol. The van der Waals surface area contributed by atoms with Crippen LogP contribution in [0.5, 0.6) is 0 Å². The Hall–Kier alpha value is -1.22. The van der Waals surface area contributed by atoms with Gasteiger partial charge in [0.05, 0.1) is 24.4 Å². The van der Waals surface area contributed by atoms with Crippen molar-refractivity contribution in [2.24, 2.45) is 0 Å². The largest absolute Gasteiger partial charge is 0.392 e. The Morgan fingerprint density at radius 3 is 2.84 bits per heavy atom. The van der Waals surface area contributed by atoms with Gasteiger partial charge in [0.15, 0.2) is 0 Å². The number of H-pyrrole nitrogens is 1. The minimum absolute atomic E-state index is 0.0959. The standard InChI is InChI=1S/C11H12BrN3O3S/c12-10-2-1-8(6-16)3-11(10)19(17,18)15-5-9-4-13-7-14-9/h1-4,7,15-16H,5-6H2,(H,13,14). The van der Waals surface area contributed by atoms with Crippen molar-refractivity contribution in [1.29, 1.82) is 0 Å². The summed E-state index contributed by atoms with van der Waals surface area (Å²) < 4.78 is 27.2. The number of imidazole rings is 1. The summed E-state index contributed by atoms with van der Waals surface area (Å²) in [6, 6.07) is 4.67. The SMILES string of the molecule is O=S(=O)(NCc1cnc[nH]1)c1cc(CO)ccc1Br. The second-order valence-corrected chi connectivity index (χ2v) is 6.41. The summed E-state index contributed by atoms with van der Waals surface area (Å²) >= 11 is 3.19. The number of aliphatic hydroxyl groups excluding tert-OH is 1. The van der Waals surface area contributed by atoms with Gasteiger partial charge in [-0.2, -0.15) is 0 Å². The molecule has 0 saturated carbocycles. The lowest BCUT2D eigenvalue weighted by Crippen LogP contribution is -2.24. The van der Waals surface area contributed by atoms with Gasteiger partial charge in [-0.25, -0.2) is 18.1 Å². The van der Waals surface area contributed by atoms with Crippen molar-refractivity contribution in [1.82, 2.24) is 14.7 Å². The lowest BCUT2D eigenvalue weighted by Gasteiger charge is -2.09. The molecule has 2 rings (SSSR count). The third-order valence-electron chi connectivity index (χ3n) is 2.48. The quantitative estimate of drug-likeness (QED) is 0.757. The highest BCUT2D eigenvalue weighted by Crippen LogP contribution is 2.23. The van der Waals surface area contributed by atoms with Gasteiger partial charge in [0.25, 0.3) is 0 Å². The van der Waals surface area contributed by atoms with E-state index in [0.29, 0.717) is 15.7 Å². The third-order valence-corrected chi connectivity index (χ3v) is 4.87. The van der Waals surface area contributed by atoms with E-state index in [0.717, 1.165) is 0 Å². The summed E-state index contributed by atoms with van der Waals surface area (Å²) in [5, 5.41) is 9.05. The van der Waals surface area contributed by atoms with Crippen LogP contribution in [0.1, 0.15) is 11.3 Å². The predicted molar refractivity (Wildman–Crippen MR) is 72.7 cm³/mol. The first kappa shape index (κ1) is 14.2. The van der Waals surface area contributed by atoms with Gasteiger partial charge in [-0.1, -0.05) is 6.07 Å². The summed E-state index contributed by atoms with van der Waals surface area (Å²) in [5.74, 6) is 0. The summed E-state index contributed by atoms with van der Waals surface area (Å²) in [7, 11) is -3.66. The third kappa shape index (κ3) is 3.41. The van der Waals surface area contributed by atoms with Crippen molar-refractivity contribution in [2.75, 3.05) is 0 Å². The molecule has 0 atom stereocenters. The lowest BCUT2D eigenvalue weighted by atomic mass is 10.2. The van der Waals surface area contributed by atoms with Crippen LogP contribution in [0.2, 0.25) is 0 Å².